The van der Waals surface area contributed by atoms with Gasteiger partial charge in [-0.15, -0.1) is 11.3 Å². The summed E-state index contributed by atoms with van der Waals surface area (Å²) in [4.78, 5) is 16.2. The summed E-state index contributed by atoms with van der Waals surface area (Å²) in [6.07, 6.45) is 1.33. The molecule has 1 aliphatic heterocycles. The van der Waals surface area contributed by atoms with Crippen LogP contribution in [-0.2, 0) is 16.4 Å². The van der Waals surface area contributed by atoms with Crippen molar-refractivity contribution in [2.75, 3.05) is 18.1 Å². The number of para-hydroxylation sites is 1. The van der Waals surface area contributed by atoms with E-state index in [9.17, 15) is 13.2 Å². The number of amides is 1. The molecule has 0 unspecified atom stereocenters. The molecule has 0 radical (unpaired) electrons. The van der Waals surface area contributed by atoms with Crippen molar-refractivity contribution < 1.29 is 17.9 Å². The first kappa shape index (κ1) is 19.9. The molecule has 1 atom stereocenters. The van der Waals surface area contributed by atoms with Crippen LogP contribution in [0.15, 0.2) is 35.7 Å². The smallest absolute Gasteiger partial charge is 0.258 e. The molecule has 0 saturated carbocycles. The van der Waals surface area contributed by atoms with Gasteiger partial charge in [0, 0.05) is 10.9 Å². The molecule has 0 N–H and O–H groups in total. The maximum atomic E-state index is 13.4. The van der Waals surface area contributed by atoms with Gasteiger partial charge in [0.05, 0.1) is 30.2 Å². The molecular formula is C20H25NO4S2. The Kier molecular flexibility index (Phi) is 6.22. The van der Waals surface area contributed by atoms with Crippen LogP contribution in [0.25, 0.3) is 0 Å². The highest BCUT2D eigenvalue weighted by molar-refractivity contribution is 7.91. The molecule has 1 aromatic heterocycles. The minimum Gasteiger partial charge on any atom is -0.493 e. The van der Waals surface area contributed by atoms with Crippen molar-refractivity contribution in [2.45, 2.75) is 39.3 Å². The predicted octanol–water partition coefficient (Wildman–Crippen LogP) is 3.67. The number of hydrogen-bond acceptors (Lipinski definition) is 5. The highest BCUT2D eigenvalue weighted by Crippen LogP contribution is 2.28. The highest BCUT2D eigenvalue weighted by atomic mass is 32.2. The van der Waals surface area contributed by atoms with E-state index in [0.717, 1.165) is 16.9 Å². The fourth-order valence-corrected chi connectivity index (χ4v) is 5.88. The molecule has 2 heterocycles. The summed E-state index contributed by atoms with van der Waals surface area (Å²) < 4.78 is 29.8. The second kappa shape index (κ2) is 8.44. The average molecular weight is 408 g/mol. The van der Waals surface area contributed by atoms with Crippen molar-refractivity contribution >= 4 is 27.1 Å². The van der Waals surface area contributed by atoms with Crippen molar-refractivity contribution in [3.63, 3.8) is 0 Å². The molecule has 1 amide bonds. The van der Waals surface area contributed by atoms with E-state index in [1.165, 1.54) is 0 Å². The van der Waals surface area contributed by atoms with E-state index in [4.69, 9.17) is 4.74 Å². The molecule has 0 aliphatic carbocycles. The molecule has 3 rings (SSSR count). The van der Waals surface area contributed by atoms with Gasteiger partial charge in [0.1, 0.15) is 5.75 Å². The van der Waals surface area contributed by atoms with Crippen molar-refractivity contribution in [3.8, 4) is 5.75 Å². The zero-order chi connectivity index (χ0) is 19.4. The number of thiophene rings is 1. The minimum absolute atomic E-state index is 0.0289. The van der Waals surface area contributed by atoms with Crippen LogP contribution in [0, 0.1) is 6.92 Å². The molecule has 1 saturated heterocycles. The van der Waals surface area contributed by atoms with Gasteiger partial charge in [-0.2, -0.15) is 0 Å². The summed E-state index contributed by atoms with van der Waals surface area (Å²) in [6, 6.07) is 8.92. The van der Waals surface area contributed by atoms with Crippen molar-refractivity contribution in [2.24, 2.45) is 0 Å². The van der Waals surface area contributed by atoms with E-state index in [1.54, 1.807) is 28.4 Å². The third-order valence-electron chi connectivity index (χ3n) is 4.77. The Hall–Kier alpha value is -1.86. The van der Waals surface area contributed by atoms with Gasteiger partial charge in [-0.05, 0) is 48.9 Å². The lowest BCUT2D eigenvalue weighted by molar-refractivity contribution is 0.0678. The van der Waals surface area contributed by atoms with E-state index in [1.807, 2.05) is 37.4 Å². The van der Waals surface area contributed by atoms with Crippen LogP contribution >= 0.6 is 11.3 Å². The first-order valence-corrected chi connectivity index (χ1v) is 11.9. The number of ether oxygens (including phenoxy) is 1. The van der Waals surface area contributed by atoms with Crippen LogP contribution in [0.1, 0.15) is 40.6 Å². The normalized spacial score (nSPS) is 18.4. The third-order valence-corrected chi connectivity index (χ3v) is 7.53. The third kappa shape index (κ3) is 4.71. The molecule has 1 aromatic carbocycles. The van der Waals surface area contributed by atoms with E-state index in [0.29, 0.717) is 30.9 Å². The molecule has 0 spiro atoms. The van der Waals surface area contributed by atoms with Gasteiger partial charge in [0.25, 0.3) is 5.91 Å². The van der Waals surface area contributed by atoms with Crippen LogP contribution in [0.3, 0.4) is 0 Å². The summed E-state index contributed by atoms with van der Waals surface area (Å²) in [7, 11) is -3.09. The average Bonchev–Trinajstić information content (AvgIpc) is 3.22. The van der Waals surface area contributed by atoms with Crippen molar-refractivity contribution in [3.05, 3.63) is 51.7 Å². The second-order valence-electron chi connectivity index (χ2n) is 6.86. The van der Waals surface area contributed by atoms with Crippen molar-refractivity contribution in [1.82, 2.24) is 4.90 Å². The largest absolute Gasteiger partial charge is 0.493 e. The van der Waals surface area contributed by atoms with Gasteiger partial charge in [0.15, 0.2) is 9.84 Å². The molecule has 0 bridgehead atoms. The maximum absolute atomic E-state index is 13.4. The first-order valence-electron chi connectivity index (χ1n) is 9.17. The summed E-state index contributed by atoms with van der Waals surface area (Å²) in [5.41, 5.74) is 1.61. The topological polar surface area (TPSA) is 63.7 Å². The zero-order valence-electron chi connectivity index (χ0n) is 15.7. The number of aryl methyl sites for hydroxylation is 1. The summed E-state index contributed by atoms with van der Waals surface area (Å²) in [5.74, 6) is 0.551. The number of nitrogens with zero attached hydrogens (tertiary/aromatic N) is 1. The Balaban J connectivity index is 1.93. The quantitative estimate of drug-likeness (QED) is 0.702. The van der Waals surface area contributed by atoms with E-state index < -0.39 is 9.84 Å². The number of sulfone groups is 1. The van der Waals surface area contributed by atoms with Crippen LogP contribution in [0.5, 0.6) is 5.75 Å². The maximum Gasteiger partial charge on any atom is 0.258 e. The SMILES string of the molecule is CCCOc1ccccc1C(=O)N(Cc1sccc1C)[C@H]1CCS(=O)(=O)C1. The van der Waals surface area contributed by atoms with Gasteiger partial charge >= 0.3 is 0 Å². The Morgan fingerprint density at radius 1 is 1.30 bits per heavy atom. The van der Waals surface area contributed by atoms with Gasteiger partial charge in [-0.25, -0.2) is 8.42 Å². The van der Waals surface area contributed by atoms with Crippen LogP contribution in [-0.4, -0.2) is 43.4 Å². The van der Waals surface area contributed by atoms with Gasteiger partial charge in [-0.3, -0.25) is 4.79 Å². The van der Waals surface area contributed by atoms with E-state index in [2.05, 4.69) is 0 Å². The second-order valence-corrected chi connectivity index (χ2v) is 10.1. The van der Waals surface area contributed by atoms with Crippen molar-refractivity contribution in [1.29, 1.82) is 0 Å². The number of rotatable bonds is 7. The molecule has 7 heteroatoms. The minimum atomic E-state index is -3.09. The van der Waals surface area contributed by atoms with Gasteiger partial charge in [-0.1, -0.05) is 19.1 Å². The first-order chi connectivity index (χ1) is 12.9. The molecule has 27 heavy (non-hydrogen) atoms. The predicted molar refractivity (Wildman–Crippen MR) is 108 cm³/mol. The number of hydrogen-bond donors (Lipinski definition) is 0. The zero-order valence-corrected chi connectivity index (χ0v) is 17.3. The summed E-state index contributed by atoms with van der Waals surface area (Å²) in [6.45, 7) is 4.98. The monoisotopic (exact) mass is 407 g/mol. The Morgan fingerprint density at radius 2 is 2.07 bits per heavy atom. The van der Waals surface area contributed by atoms with E-state index >= 15 is 0 Å². The Labute approximate surface area is 164 Å². The van der Waals surface area contributed by atoms with Crippen LogP contribution in [0.2, 0.25) is 0 Å². The molecule has 2 aromatic rings. The Morgan fingerprint density at radius 3 is 2.70 bits per heavy atom. The number of carbonyl (C=O) groups is 1. The van der Waals surface area contributed by atoms with E-state index in [-0.39, 0.29) is 23.5 Å². The lowest BCUT2D eigenvalue weighted by Crippen LogP contribution is -2.40. The highest BCUT2D eigenvalue weighted by Gasteiger charge is 2.36. The molecule has 5 nitrogen and oxygen atoms in total. The van der Waals surface area contributed by atoms with Crippen LogP contribution < -0.4 is 4.74 Å². The molecule has 1 aliphatic rings. The fourth-order valence-electron chi connectivity index (χ4n) is 3.24. The summed E-state index contributed by atoms with van der Waals surface area (Å²) in [5, 5.41) is 2.00. The summed E-state index contributed by atoms with van der Waals surface area (Å²) >= 11 is 1.59. The Bertz CT molecular complexity index is 904. The standard InChI is InChI=1S/C20H25NO4S2/c1-3-10-25-18-7-5-4-6-17(18)20(22)21(13-19-15(2)8-11-26-19)16-9-12-27(23,24)14-16/h4-8,11,16H,3,9-10,12-14H2,1-2H3/t16-/m0/s1. The fraction of sp³-hybridized carbons (Fsp3) is 0.450. The van der Waals surface area contributed by atoms with Crippen LogP contribution in [0.4, 0.5) is 0 Å². The van der Waals surface area contributed by atoms with Gasteiger partial charge < -0.3 is 9.64 Å². The number of carbonyl (C=O) groups excluding carboxylic acids is 1. The lowest BCUT2D eigenvalue weighted by Gasteiger charge is -2.29. The molecule has 1 fully saturated rings. The molecule has 146 valence electrons. The molecular weight excluding hydrogens is 382 g/mol. The van der Waals surface area contributed by atoms with Gasteiger partial charge in [0.2, 0.25) is 0 Å². The lowest BCUT2D eigenvalue weighted by atomic mass is 10.1. The number of benzene rings is 1.